The first kappa shape index (κ1) is 16.6. The van der Waals surface area contributed by atoms with E-state index in [0.717, 1.165) is 17.0 Å². The van der Waals surface area contributed by atoms with Crippen LogP contribution in [0.5, 0.6) is 5.75 Å². The van der Waals surface area contributed by atoms with Crippen molar-refractivity contribution in [1.29, 1.82) is 0 Å². The molecule has 1 heterocycles. The second-order valence-corrected chi connectivity index (χ2v) is 6.45. The van der Waals surface area contributed by atoms with Crippen LogP contribution in [0.4, 0.5) is 14.9 Å². The molecule has 3 rings (SSSR count). The summed E-state index contributed by atoms with van der Waals surface area (Å²) in [6, 6.07) is 12.1. The zero-order chi connectivity index (χ0) is 16.9. The number of carbonyl (C=O) groups is 1. The largest absolute Gasteiger partial charge is 0.491 e. The zero-order valence-corrected chi connectivity index (χ0v) is 14.2. The number of anilines is 1. The van der Waals surface area contributed by atoms with Crippen molar-refractivity contribution < 1.29 is 13.9 Å². The fourth-order valence-corrected chi connectivity index (χ4v) is 3.14. The number of rotatable bonds is 3. The van der Waals surface area contributed by atoms with Crippen molar-refractivity contribution in [1.82, 2.24) is 4.90 Å². The lowest BCUT2D eigenvalue weighted by Crippen LogP contribution is -2.36. The van der Waals surface area contributed by atoms with Crippen molar-refractivity contribution in [2.24, 2.45) is 0 Å². The number of fused-ring (bicyclic) bond motifs is 1. The SMILES string of the molecule is CSCc1cccc(NC(=O)N2CCOc3cc(F)ccc3C2)c1. The van der Waals surface area contributed by atoms with Crippen LogP contribution in [-0.4, -0.2) is 30.3 Å². The average molecular weight is 346 g/mol. The van der Waals surface area contributed by atoms with Gasteiger partial charge in [-0.3, -0.25) is 0 Å². The van der Waals surface area contributed by atoms with Crippen molar-refractivity contribution in [2.75, 3.05) is 24.7 Å². The van der Waals surface area contributed by atoms with Crippen LogP contribution in [-0.2, 0) is 12.3 Å². The van der Waals surface area contributed by atoms with Gasteiger partial charge in [-0.05, 0) is 30.0 Å². The number of halogens is 1. The Bertz CT molecular complexity index is 739. The van der Waals surface area contributed by atoms with Crippen LogP contribution in [0.2, 0.25) is 0 Å². The molecule has 24 heavy (non-hydrogen) atoms. The maximum absolute atomic E-state index is 13.3. The van der Waals surface area contributed by atoms with Gasteiger partial charge in [-0.15, -0.1) is 0 Å². The Morgan fingerprint density at radius 3 is 3.04 bits per heavy atom. The van der Waals surface area contributed by atoms with Gasteiger partial charge >= 0.3 is 6.03 Å². The first-order valence-corrected chi connectivity index (χ1v) is 9.10. The quantitative estimate of drug-likeness (QED) is 0.909. The van der Waals surface area contributed by atoms with Crippen LogP contribution < -0.4 is 10.1 Å². The monoisotopic (exact) mass is 346 g/mol. The number of nitrogens with zero attached hydrogens (tertiary/aromatic N) is 1. The molecule has 0 bridgehead atoms. The van der Waals surface area contributed by atoms with E-state index >= 15 is 0 Å². The van der Waals surface area contributed by atoms with Gasteiger partial charge in [0.1, 0.15) is 18.2 Å². The Labute approximate surface area is 145 Å². The van der Waals surface area contributed by atoms with Crippen molar-refractivity contribution in [3.05, 3.63) is 59.4 Å². The number of benzene rings is 2. The maximum Gasteiger partial charge on any atom is 0.322 e. The number of urea groups is 1. The molecule has 0 spiro atoms. The molecular formula is C18H19FN2O2S. The van der Waals surface area contributed by atoms with E-state index in [4.69, 9.17) is 4.74 Å². The van der Waals surface area contributed by atoms with Gasteiger partial charge in [0.05, 0.1) is 13.1 Å². The molecule has 0 aromatic heterocycles. The van der Waals surface area contributed by atoms with Crippen LogP contribution in [0.1, 0.15) is 11.1 Å². The molecule has 1 N–H and O–H groups in total. The van der Waals surface area contributed by atoms with Crippen LogP contribution in [0.15, 0.2) is 42.5 Å². The summed E-state index contributed by atoms with van der Waals surface area (Å²) >= 11 is 1.74. The van der Waals surface area contributed by atoms with E-state index in [0.29, 0.717) is 25.4 Å². The molecule has 1 aliphatic rings. The van der Waals surface area contributed by atoms with Gasteiger partial charge in [0.25, 0.3) is 0 Å². The van der Waals surface area contributed by atoms with Gasteiger partial charge in [0.15, 0.2) is 0 Å². The molecule has 0 saturated heterocycles. The number of carbonyl (C=O) groups excluding carboxylic acids is 1. The minimum absolute atomic E-state index is 0.183. The highest BCUT2D eigenvalue weighted by Gasteiger charge is 2.20. The smallest absolute Gasteiger partial charge is 0.322 e. The number of hydrogen-bond acceptors (Lipinski definition) is 3. The predicted octanol–water partition coefficient (Wildman–Crippen LogP) is 4.12. The first-order chi connectivity index (χ1) is 11.7. The standard InChI is InChI=1S/C18H19FN2O2S/c1-24-12-13-3-2-4-16(9-13)20-18(22)21-7-8-23-17-10-15(19)6-5-14(17)11-21/h2-6,9-10H,7-8,11-12H2,1H3,(H,20,22). The first-order valence-electron chi connectivity index (χ1n) is 7.71. The third-order valence-corrected chi connectivity index (χ3v) is 4.41. The van der Waals surface area contributed by atoms with Crippen molar-refractivity contribution in [3.8, 4) is 5.75 Å². The molecule has 126 valence electrons. The van der Waals surface area contributed by atoms with Crippen LogP contribution in [0.3, 0.4) is 0 Å². The Kier molecular flexibility index (Phi) is 5.25. The molecule has 0 aliphatic carbocycles. The minimum Gasteiger partial charge on any atom is -0.491 e. The molecule has 4 nitrogen and oxygen atoms in total. The number of ether oxygens (including phenoxy) is 1. The Hall–Kier alpha value is -2.21. The minimum atomic E-state index is -0.336. The summed E-state index contributed by atoms with van der Waals surface area (Å²) in [6.45, 7) is 1.19. The summed E-state index contributed by atoms with van der Waals surface area (Å²) in [5.41, 5.74) is 2.75. The van der Waals surface area contributed by atoms with Gasteiger partial charge < -0.3 is 15.0 Å². The van der Waals surface area contributed by atoms with Crippen LogP contribution >= 0.6 is 11.8 Å². The lowest BCUT2D eigenvalue weighted by molar-refractivity contribution is 0.200. The molecule has 2 aromatic carbocycles. The molecule has 2 aromatic rings. The van der Waals surface area contributed by atoms with Crippen molar-refractivity contribution >= 4 is 23.5 Å². The van der Waals surface area contributed by atoms with E-state index in [9.17, 15) is 9.18 Å². The van der Waals surface area contributed by atoms with Crippen LogP contribution in [0.25, 0.3) is 0 Å². The number of thioether (sulfide) groups is 1. The van der Waals surface area contributed by atoms with E-state index in [1.165, 1.54) is 17.7 Å². The van der Waals surface area contributed by atoms with Gasteiger partial charge in [0, 0.05) is 23.1 Å². The average Bonchev–Trinajstić information content (AvgIpc) is 2.77. The molecular weight excluding hydrogens is 327 g/mol. The predicted molar refractivity (Wildman–Crippen MR) is 95.0 cm³/mol. The Morgan fingerprint density at radius 1 is 1.33 bits per heavy atom. The van der Waals surface area contributed by atoms with E-state index in [1.807, 2.05) is 30.5 Å². The summed E-state index contributed by atoms with van der Waals surface area (Å²) in [4.78, 5) is 14.2. The fraction of sp³-hybridized carbons (Fsp3) is 0.278. The normalized spacial score (nSPS) is 13.7. The van der Waals surface area contributed by atoms with E-state index in [2.05, 4.69) is 5.32 Å². The van der Waals surface area contributed by atoms with Gasteiger partial charge in [-0.25, -0.2) is 9.18 Å². The lowest BCUT2D eigenvalue weighted by Gasteiger charge is -2.20. The third-order valence-electron chi connectivity index (χ3n) is 3.79. The van der Waals surface area contributed by atoms with Gasteiger partial charge in [-0.1, -0.05) is 18.2 Å². The summed E-state index contributed by atoms with van der Waals surface area (Å²) in [5, 5.41) is 2.93. The fourth-order valence-electron chi connectivity index (χ4n) is 2.63. The Morgan fingerprint density at radius 2 is 2.21 bits per heavy atom. The molecule has 0 saturated carbocycles. The zero-order valence-electron chi connectivity index (χ0n) is 13.4. The molecule has 0 radical (unpaired) electrons. The van der Waals surface area contributed by atoms with Gasteiger partial charge in [-0.2, -0.15) is 11.8 Å². The number of hydrogen-bond donors (Lipinski definition) is 1. The number of nitrogens with one attached hydrogen (secondary N) is 1. The second-order valence-electron chi connectivity index (χ2n) is 5.59. The summed E-state index contributed by atoms with van der Waals surface area (Å²) in [6.07, 6.45) is 2.04. The highest BCUT2D eigenvalue weighted by molar-refractivity contribution is 7.97. The van der Waals surface area contributed by atoms with Crippen molar-refractivity contribution in [3.63, 3.8) is 0 Å². The molecule has 1 aliphatic heterocycles. The molecule has 0 fully saturated rings. The molecule has 0 unspecified atom stereocenters. The lowest BCUT2D eigenvalue weighted by atomic mass is 10.2. The molecule has 0 atom stereocenters. The summed E-state index contributed by atoms with van der Waals surface area (Å²) in [5.74, 6) is 1.07. The second kappa shape index (κ2) is 7.57. The third kappa shape index (κ3) is 4.00. The van der Waals surface area contributed by atoms with E-state index in [1.54, 1.807) is 22.7 Å². The molecule has 6 heteroatoms. The Balaban J connectivity index is 1.71. The van der Waals surface area contributed by atoms with E-state index in [-0.39, 0.29) is 11.8 Å². The highest BCUT2D eigenvalue weighted by Crippen LogP contribution is 2.24. The van der Waals surface area contributed by atoms with Crippen molar-refractivity contribution in [2.45, 2.75) is 12.3 Å². The number of amides is 2. The summed E-state index contributed by atoms with van der Waals surface area (Å²) < 4.78 is 18.8. The topological polar surface area (TPSA) is 41.6 Å². The highest BCUT2D eigenvalue weighted by atomic mass is 32.2. The van der Waals surface area contributed by atoms with Crippen LogP contribution in [0, 0.1) is 5.82 Å². The maximum atomic E-state index is 13.3. The van der Waals surface area contributed by atoms with E-state index < -0.39 is 0 Å². The van der Waals surface area contributed by atoms with Gasteiger partial charge in [0.2, 0.25) is 0 Å². The summed E-state index contributed by atoms with van der Waals surface area (Å²) in [7, 11) is 0. The molecule has 2 amide bonds.